The van der Waals surface area contributed by atoms with Gasteiger partial charge in [0.1, 0.15) is 11.5 Å². The molecule has 0 bridgehead atoms. The van der Waals surface area contributed by atoms with Gasteiger partial charge in [0.15, 0.2) is 17.3 Å². The fraction of sp³-hybridized carbons (Fsp3) is 0.462. The van der Waals surface area contributed by atoms with Crippen LogP contribution in [0.2, 0.25) is 0 Å². The molecule has 6 heteroatoms. The lowest BCUT2D eigenvalue weighted by Gasteiger charge is -2.45. The van der Waals surface area contributed by atoms with E-state index in [-0.39, 0.29) is 28.9 Å². The Bertz CT molecular complexity index is 1150. The lowest BCUT2D eigenvalue weighted by molar-refractivity contribution is -0.166. The number of rotatable bonds is 8. The van der Waals surface area contributed by atoms with Crippen LogP contribution in [0, 0.1) is 11.3 Å². The van der Waals surface area contributed by atoms with Gasteiger partial charge in [-0.25, -0.2) is 0 Å². The molecule has 2 aromatic rings. The largest absolute Gasteiger partial charge is 0.493 e. The molecule has 6 nitrogen and oxygen atoms in total. The summed E-state index contributed by atoms with van der Waals surface area (Å²) in [5.74, 6) is -0.740. The fourth-order valence-corrected chi connectivity index (χ4v) is 5.08. The first-order valence-electron chi connectivity index (χ1n) is 12.4. The third kappa shape index (κ3) is 3.42. The molecule has 0 radical (unpaired) electrons. The number of carbonyl (C=O) groups is 2. The van der Waals surface area contributed by atoms with Gasteiger partial charge >= 0.3 is 5.97 Å². The van der Waals surface area contributed by atoms with Gasteiger partial charge in [0, 0.05) is 17.5 Å². The van der Waals surface area contributed by atoms with Crippen LogP contribution in [0.15, 0.2) is 30.3 Å². The third-order valence-electron chi connectivity index (χ3n) is 6.83. The van der Waals surface area contributed by atoms with E-state index in [0.717, 1.165) is 17.5 Å². The molecule has 0 aliphatic heterocycles. The number of ether oxygens (including phenoxy) is 3. The Hall–Kier alpha value is -3.02. The van der Waals surface area contributed by atoms with Crippen LogP contribution in [0.25, 0.3) is 11.1 Å². The Morgan fingerprint density at radius 3 is 2.41 bits per heavy atom. The zero-order valence-electron chi connectivity index (χ0n) is 21.6. The molecule has 0 spiro atoms. The maximum Gasteiger partial charge on any atom is 0.313 e. The number of benzene rings is 2. The number of ketones is 1. The predicted octanol–water partition coefficient (Wildman–Crippen LogP) is 5.16. The normalized spacial score (nSPS) is 19.2. The van der Waals surface area contributed by atoms with Crippen LogP contribution >= 0.6 is 0 Å². The minimum Gasteiger partial charge on any atom is -0.493 e. The number of Topliss-reactive ketones (excluding diaryl/α,β-unsaturated/α-hetero) is 1. The fourth-order valence-electron chi connectivity index (χ4n) is 5.08. The number of methoxy groups -OCH3 is 2. The highest BCUT2D eigenvalue weighted by atomic mass is 16.5. The van der Waals surface area contributed by atoms with Crippen molar-refractivity contribution in [1.29, 1.82) is 0 Å². The summed E-state index contributed by atoms with van der Waals surface area (Å²) in [7, 11) is -1.34. The van der Waals surface area contributed by atoms with E-state index in [2.05, 4.69) is 0 Å². The lowest BCUT2D eigenvalue weighted by Crippen LogP contribution is -2.52. The molecule has 1 unspecified atom stereocenters. The molecule has 1 atom stereocenters. The van der Waals surface area contributed by atoms with E-state index in [4.69, 9.17) is 18.3 Å². The summed E-state index contributed by atoms with van der Waals surface area (Å²) in [5, 5.41) is 10.1. The van der Waals surface area contributed by atoms with E-state index in [1.54, 1.807) is 18.2 Å². The summed E-state index contributed by atoms with van der Waals surface area (Å²) in [6, 6.07) is 8.66. The second-order valence-corrected chi connectivity index (χ2v) is 8.93. The second kappa shape index (κ2) is 8.49. The van der Waals surface area contributed by atoms with E-state index < -0.39 is 24.5 Å². The van der Waals surface area contributed by atoms with Gasteiger partial charge in [-0.15, -0.1) is 0 Å². The van der Waals surface area contributed by atoms with Crippen LogP contribution in [0.5, 0.6) is 17.2 Å². The molecule has 32 heavy (non-hydrogen) atoms. The molecular formula is C26H30O6. The monoisotopic (exact) mass is 441 g/mol. The summed E-state index contributed by atoms with van der Waals surface area (Å²) in [4.78, 5) is 24.7. The molecule has 0 amide bonds. The first-order chi connectivity index (χ1) is 16.5. The highest BCUT2D eigenvalue weighted by Gasteiger charge is 2.53. The molecule has 170 valence electrons. The van der Waals surface area contributed by atoms with Gasteiger partial charge < -0.3 is 19.3 Å². The highest BCUT2D eigenvalue weighted by Crippen LogP contribution is 2.52. The number of carbonyl (C=O) groups excluding carboxylic acids is 1. The van der Waals surface area contributed by atoms with Crippen molar-refractivity contribution in [3.63, 3.8) is 0 Å². The van der Waals surface area contributed by atoms with Crippen molar-refractivity contribution in [2.24, 2.45) is 11.3 Å². The maximum atomic E-state index is 12.4. The number of carboxylic acids is 1. The minimum absolute atomic E-state index is 0.0320. The van der Waals surface area contributed by atoms with Gasteiger partial charge in [0.25, 0.3) is 0 Å². The highest BCUT2D eigenvalue weighted by molar-refractivity contribution is 6.02. The molecule has 2 aliphatic rings. The molecular weight excluding hydrogens is 408 g/mol. The standard InChI is InChI=1S/C26H30O6/c1-15(2)24(26(25(28)29)13-6-14-26)32-22-19(10-12-21(30-3)23(22)31-4)16-7-5-8-18-17(16)9-11-20(18)27/h5,7-8,10,12,15,24H,6,9,11,13-14H2,1-4H3,(H,28,29)/i3D3. The van der Waals surface area contributed by atoms with Crippen molar-refractivity contribution in [3.05, 3.63) is 41.5 Å². The van der Waals surface area contributed by atoms with Crippen molar-refractivity contribution >= 4 is 11.8 Å². The minimum atomic E-state index is -2.72. The molecule has 1 fully saturated rings. The SMILES string of the molecule is [2H]C([2H])([2H])Oc1ccc(-c2cccc3c2CCC3=O)c(OC(C(C)C)C2(C(=O)O)CCC2)c1OC. The summed E-state index contributed by atoms with van der Waals surface area (Å²) in [6.45, 7) is 3.81. The van der Waals surface area contributed by atoms with Crippen LogP contribution in [0.1, 0.15) is 59.6 Å². The summed E-state index contributed by atoms with van der Waals surface area (Å²) in [5.41, 5.74) is 1.84. The van der Waals surface area contributed by atoms with E-state index in [9.17, 15) is 14.7 Å². The number of hydrogen-bond acceptors (Lipinski definition) is 5. The molecule has 1 saturated carbocycles. The van der Waals surface area contributed by atoms with E-state index in [1.165, 1.54) is 13.2 Å². The quantitative estimate of drug-likeness (QED) is 0.609. The van der Waals surface area contributed by atoms with Gasteiger partial charge in [-0.3, -0.25) is 9.59 Å². The van der Waals surface area contributed by atoms with Gasteiger partial charge in [-0.2, -0.15) is 0 Å². The molecule has 0 aromatic heterocycles. The number of fused-ring (bicyclic) bond motifs is 1. The average molecular weight is 442 g/mol. The van der Waals surface area contributed by atoms with E-state index in [0.29, 0.717) is 36.8 Å². The van der Waals surface area contributed by atoms with Crippen LogP contribution in [0.4, 0.5) is 0 Å². The number of hydrogen-bond donors (Lipinski definition) is 1. The van der Waals surface area contributed by atoms with Crippen molar-refractivity contribution in [1.82, 2.24) is 0 Å². The number of aliphatic carboxylic acids is 1. The molecule has 2 aliphatic carbocycles. The van der Waals surface area contributed by atoms with Gasteiger partial charge in [0.2, 0.25) is 5.75 Å². The molecule has 0 heterocycles. The van der Waals surface area contributed by atoms with E-state index >= 15 is 0 Å². The van der Waals surface area contributed by atoms with Crippen LogP contribution in [-0.4, -0.2) is 37.1 Å². The Labute approximate surface area is 192 Å². The summed E-state index contributed by atoms with van der Waals surface area (Å²) < 4.78 is 40.0. The molecule has 4 rings (SSSR count). The maximum absolute atomic E-state index is 12.4. The first-order valence-corrected chi connectivity index (χ1v) is 10.9. The number of carboxylic acid groups (broad SMARTS) is 1. The zero-order chi connectivity index (χ0) is 25.5. The Morgan fingerprint density at radius 2 is 1.81 bits per heavy atom. The molecule has 0 saturated heterocycles. The van der Waals surface area contributed by atoms with Crippen molar-refractivity contribution in [3.8, 4) is 28.4 Å². The Kier molecular flexibility index (Phi) is 4.92. The van der Waals surface area contributed by atoms with Crippen LogP contribution in [0.3, 0.4) is 0 Å². The lowest BCUT2D eigenvalue weighted by atomic mass is 9.62. The third-order valence-corrected chi connectivity index (χ3v) is 6.83. The average Bonchev–Trinajstić information content (AvgIpc) is 3.12. The smallest absolute Gasteiger partial charge is 0.313 e. The molecule has 1 N–H and O–H groups in total. The zero-order valence-corrected chi connectivity index (χ0v) is 18.6. The van der Waals surface area contributed by atoms with Gasteiger partial charge in [-0.1, -0.05) is 38.5 Å². The van der Waals surface area contributed by atoms with E-state index in [1.807, 2.05) is 19.9 Å². The molecule has 2 aromatic carbocycles. The van der Waals surface area contributed by atoms with Crippen molar-refractivity contribution in [2.45, 2.75) is 52.1 Å². The Balaban J connectivity index is 1.92. The summed E-state index contributed by atoms with van der Waals surface area (Å²) in [6.07, 6.45) is 2.07. The van der Waals surface area contributed by atoms with Gasteiger partial charge in [-0.05, 0) is 48.4 Å². The topological polar surface area (TPSA) is 82.1 Å². The van der Waals surface area contributed by atoms with Crippen LogP contribution in [-0.2, 0) is 11.2 Å². The van der Waals surface area contributed by atoms with Crippen LogP contribution < -0.4 is 14.2 Å². The van der Waals surface area contributed by atoms with Gasteiger partial charge in [0.05, 0.1) is 18.3 Å². The first kappa shape index (κ1) is 18.5. The predicted molar refractivity (Wildman–Crippen MR) is 121 cm³/mol. The van der Waals surface area contributed by atoms with Crippen molar-refractivity contribution in [2.75, 3.05) is 14.1 Å². The summed E-state index contributed by atoms with van der Waals surface area (Å²) >= 11 is 0. The Morgan fingerprint density at radius 1 is 1.06 bits per heavy atom. The second-order valence-electron chi connectivity index (χ2n) is 8.93. The van der Waals surface area contributed by atoms with Crippen molar-refractivity contribution < 1.29 is 33.0 Å².